The first-order valence-electron chi connectivity index (χ1n) is 5.05. The number of carbonyl (C=O) groups is 1. The summed E-state index contributed by atoms with van der Waals surface area (Å²) >= 11 is 4.69. The molecule has 4 N–H and O–H groups in total. The van der Waals surface area contributed by atoms with Crippen LogP contribution in [0.1, 0.15) is 23.2 Å². The molecule has 0 atom stereocenters. The first-order chi connectivity index (χ1) is 8.00. The number of aromatic hydroxyl groups is 1. The Morgan fingerprint density at radius 2 is 2.24 bits per heavy atom. The lowest BCUT2D eigenvalue weighted by atomic mass is 10.2. The molecule has 92 valence electrons. The zero-order valence-electron chi connectivity index (χ0n) is 9.07. The van der Waals surface area contributed by atoms with Gasteiger partial charge in [0.25, 0.3) is 5.91 Å². The third kappa shape index (κ3) is 4.36. The Kier molecular flexibility index (Phi) is 4.84. The topological polar surface area (TPSA) is 75.3 Å². The molecule has 0 aromatic heterocycles. The lowest BCUT2D eigenvalue weighted by molar-refractivity contribution is 0.0950. The Morgan fingerprint density at radius 3 is 2.82 bits per heavy atom. The number of phenolic OH excluding ortho intramolecular Hbond substituents is 1. The average molecular weight is 256 g/mol. The minimum atomic E-state index is -0.590. The van der Waals surface area contributed by atoms with Gasteiger partial charge in [-0.15, -0.1) is 0 Å². The van der Waals surface area contributed by atoms with Crippen molar-refractivity contribution in [2.75, 3.05) is 6.54 Å². The van der Waals surface area contributed by atoms with Gasteiger partial charge in [0.1, 0.15) is 11.6 Å². The fourth-order valence-corrected chi connectivity index (χ4v) is 1.40. The van der Waals surface area contributed by atoms with Crippen LogP contribution < -0.4 is 11.1 Å². The number of rotatable bonds is 5. The lowest BCUT2D eigenvalue weighted by Crippen LogP contribution is -2.25. The van der Waals surface area contributed by atoms with Crippen molar-refractivity contribution in [1.82, 2.24) is 5.32 Å². The molecule has 0 aliphatic rings. The predicted molar refractivity (Wildman–Crippen MR) is 66.4 cm³/mol. The molecule has 6 heteroatoms. The molecule has 17 heavy (non-hydrogen) atoms. The van der Waals surface area contributed by atoms with Crippen LogP contribution >= 0.6 is 12.2 Å². The number of hydrogen-bond donors (Lipinski definition) is 3. The van der Waals surface area contributed by atoms with Crippen molar-refractivity contribution in [3.05, 3.63) is 29.6 Å². The number of nitrogens with two attached hydrogens (primary N) is 1. The van der Waals surface area contributed by atoms with Gasteiger partial charge in [-0.25, -0.2) is 4.39 Å². The second-order valence-electron chi connectivity index (χ2n) is 3.49. The quantitative estimate of drug-likeness (QED) is 0.549. The Bertz CT molecular complexity index is 437. The number of carbonyl (C=O) groups excluding carboxylic acids is 1. The summed E-state index contributed by atoms with van der Waals surface area (Å²) in [5.74, 6) is -1.42. The van der Waals surface area contributed by atoms with E-state index in [0.29, 0.717) is 24.4 Å². The van der Waals surface area contributed by atoms with E-state index in [0.717, 1.165) is 12.1 Å². The summed E-state index contributed by atoms with van der Waals surface area (Å²) in [5, 5.41) is 11.9. The van der Waals surface area contributed by atoms with Gasteiger partial charge in [-0.1, -0.05) is 12.2 Å². The Morgan fingerprint density at radius 1 is 1.53 bits per heavy atom. The third-order valence-corrected chi connectivity index (χ3v) is 2.29. The van der Waals surface area contributed by atoms with Gasteiger partial charge in [0, 0.05) is 12.6 Å². The Hall–Kier alpha value is -1.69. The van der Waals surface area contributed by atoms with Crippen LogP contribution in [0.3, 0.4) is 0 Å². The second kappa shape index (κ2) is 6.15. The summed E-state index contributed by atoms with van der Waals surface area (Å²) in [5.41, 5.74) is 5.34. The van der Waals surface area contributed by atoms with E-state index in [-0.39, 0.29) is 11.3 Å². The van der Waals surface area contributed by atoms with Crippen LogP contribution in [0.4, 0.5) is 4.39 Å². The van der Waals surface area contributed by atoms with Gasteiger partial charge in [0.15, 0.2) is 0 Å². The van der Waals surface area contributed by atoms with Gasteiger partial charge in [0.2, 0.25) is 0 Å². The largest absolute Gasteiger partial charge is 0.507 e. The van der Waals surface area contributed by atoms with Crippen molar-refractivity contribution in [3.63, 3.8) is 0 Å². The number of benzene rings is 1. The molecule has 0 radical (unpaired) electrons. The van der Waals surface area contributed by atoms with Crippen molar-refractivity contribution >= 4 is 23.1 Å². The molecule has 0 fully saturated rings. The van der Waals surface area contributed by atoms with E-state index >= 15 is 0 Å². The fraction of sp³-hybridized carbons (Fsp3) is 0.273. The smallest absolute Gasteiger partial charge is 0.255 e. The average Bonchev–Trinajstić information content (AvgIpc) is 2.23. The second-order valence-corrected chi connectivity index (χ2v) is 4.01. The van der Waals surface area contributed by atoms with Crippen molar-refractivity contribution in [2.45, 2.75) is 12.8 Å². The minimum Gasteiger partial charge on any atom is -0.507 e. The summed E-state index contributed by atoms with van der Waals surface area (Å²) < 4.78 is 12.7. The highest BCUT2D eigenvalue weighted by Crippen LogP contribution is 2.17. The zero-order valence-corrected chi connectivity index (χ0v) is 9.89. The van der Waals surface area contributed by atoms with Gasteiger partial charge >= 0.3 is 0 Å². The molecule has 1 aromatic carbocycles. The molecule has 1 aromatic rings. The van der Waals surface area contributed by atoms with E-state index in [2.05, 4.69) is 17.5 Å². The molecule has 4 nitrogen and oxygen atoms in total. The molecular weight excluding hydrogens is 243 g/mol. The number of halogens is 1. The van der Waals surface area contributed by atoms with Gasteiger partial charge in [0.05, 0.1) is 10.6 Å². The number of amides is 1. The van der Waals surface area contributed by atoms with Crippen molar-refractivity contribution in [1.29, 1.82) is 0 Å². The van der Waals surface area contributed by atoms with Crippen molar-refractivity contribution in [3.8, 4) is 5.75 Å². The van der Waals surface area contributed by atoms with Crippen LogP contribution in [0.25, 0.3) is 0 Å². The van der Waals surface area contributed by atoms with Gasteiger partial charge in [-0.2, -0.15) is 0 Å². The molecular formula is C11H13FN2O2S. The highest BCUT2D eigenvalue weighted by Gasteiger charge is 2.10. The van der Waals surface area contributed by atoms with Crippen molar-refractivity contribution in [2.24, 2.45) is 5.73 Å². The maximum Gasteiger partial charge on any atom is 0.255 e. The summed E-state index contributed by atoms with van der Waals surface area (Å²) in [7, 11) is 0. The molecule has 0 heterocycles. The van der Waals surface area contributed by atoms with Crippen molar-refractivity contribution < 1.29 is 14.3 Å². The van der Waals surface area contributed by atoms with Crippen LogP contribution in [0.2, 0.25) is 0 Å². The maximum atomic E-state index is 12.7. The normalized spacial score (nSPS) is 9.94. The van der Waals surface area contributed by atoms with E-state index in [1.807, 2.05) is 0 Å². The monoisotopic (exact) mass is 256 g/mol. The fourth-order valence-electron chi connectivity index (χ4n) is 1.26. The maximum absolute atomic E-state index is 12.7. The highest BCUT2D eigenvalue weighted by atomic mass is 32.1. The number of phenols is 1. The summed E-state index contributed by atoms with van der Waals surface area (Å²) in [6, 6.07) is 3.24. The van der Waals surface area contributed by atoms with E-state index in [9.17, 15) is 14.3 Å². The van der Waals surface area contributed by atoms with Crippen LogP contribution in [0.5, 0.6) is 5.75 Å². The first kappa shape index (κ1) is 13.4. The number of thiocarbonyl (C=S) groups is 1. The molecule has 1 amide bonds. The van der Waals surface area contributed by atoms with Crippen LogP contribution in [-0.2, 0) is 0 Å². The summed E-state index contributed by atoms with van der Waals surface area (Å²) in [6.45, 7) is 0.396. The molecule has 0 bridgehead atoms. The van der Waals surface area contributed by atoms with Crippen LogP contribution in [0.15, 0.2) is 18.2 Å². The molecule has 0 unspecified atom stereocenters. The van der Waals surface area contributed by atoms with E-state index in [4.69, 9.17) is 5.73 Å². The SMILES string of the molecule is NC(=S)CCCNC(=O)c1ccc(F)cc1O. The van der Waals surface area contributed by atoms with Crippen LogP contribution in [0, 0.1) is 5.82 Å². The molecule has 1 rings (SSSR count). The van der Waals surface area contributed by atoms with Gasteiger partial charge in [-0.3, -0.25) is 4.79 Å². The molecule has 0 aliphatic heterocycles. The van der Waals surface area contributed by atoms with E-state index in [1.165, 1.54) is 6.07 Å². The Labute approximate surface area is 104 Å². The number of nitrogens with one attached hydrogen (secondary N) is 1. The van der Waals surface area contributed by atoms with E-state index < -0.39 is 11.7 Å². The van der Waals surface area contributed by atoms with Crippen LogP contribution in [-0.4, -0.2) is 22.5 Å². The molecule has 0 aliphatic carbocycles. The summed E-state index contributed by atoms with van der Waals surface area (Å²) in [4.78, 5) is 12.0. The van der Waals surface area contributed by atoms with Gasteiger partial charge < -0.3 is 16.2 Å². The minimum absolute atomic E-state index is 0.0433. The zero-order chi connectivity index (χ0) is 12.8. The lowest BCUT2D eigenvalue weighted by Gasteiger charge is -2.06. The van der Waals surface area contributed by atoms with E-state index in [1.54, 1.807) is 0 Å². The standard InChI is InChI=1S/C11H13FN2O2S/c12-7-3-4-8(9(15)6-7)11(16)14-5-1-2-10(13)17/h3-4,6,15H,1-2,5H2,(H2,13,17)(H,14,16). The molecule has 0 spiro atoms. The third-order valence-electron chi connectivity index (χ3n) is 2.09. The predicted octanol–water partition coefficient (Wildman–Crippen LogP) is 1.33. The summed E-state index contributed by atoms with van der Waals surface area (Å²) in [6.07, 6.45) is 1.17. The first-order valence-corrected chi connectivity index (χ1v) is 5.46. The Balaban J connectivity index is 2.50. The highest BCUT2D eigenvalue weighted by molar-refractivity contribution is 7.80. The molecule has 0 saturated carbocycles. The number of hydrogen-bond acceptors (Lipinski definition) is 3. The van der Waals surface area contributed by atoms with Gasteiger partial charge in [-0.05, 0) is 25.0 Å². The molecule has 0 saturated heterocycles.